The van der Waals surface area contributed by atoms with Gasteiger partial charge in [-0.2, -0.15) is 0 Å². The number of hydrogen-bond acceptors (Lipinski definition) is 9. The van der Waals surface area contributed by atoms with Crippen LogP contribution in [0.2, 0.25) is 0 Å². The first-order chi connectivity index (χ1) is 17.4. The number of azide groups is 1. The highest BCUT2D eigenvalue weighted by Crippen LogP contribution is 2.81. The van der Waals surface area contributed by atoms with E-state index in [4.69, 9.17) is 29.2 Å². The molecule has 36 heavy (non-hydrogen) atoms. The van der Waals surface area contributed by atoms with Crippen LogP contribution in [0.4, 0.5) is 4.79 Å². The van der Waals surface area contributed by atoms with Crippen molar-refractivity contribution < 1.29 is 38.1 Å². The Hall–Kier alpha value is -2.66. The van der Waals surface area contributed by atoms with E-state index in [1.165, 1.54) is 0 Å². The van der Waals surface area contributed by atoms with Crippen LogP contribution in [0.25, 0.3) is 10.4 Å². The molecule has 2 saturated carbocycles. The van der Waals surface area contributed by atoms with Gasteiger partial charge >= 0.3 is 12.1 Å². The molecule has 0 aromatic carbocycles. The highest BCUT2D eigenvalue weighted by molar-refractivity contribution is 6.05. The topological polar surface area (TPSA) is 168 Å². The van der Waals surface area contributed by atoms with Crippen LogP contribution in [0.15, 0.2) is 16.3 Å². The molecule has 1 N–H and O–H groups in total. The monoisotopic (exact) mass is 500 g/mol. The van der Waals surface area contributed by atoms with E-state index in [2.05, 4.69) is 22.3 Å². The quantitative estimate of drug-likeness (QED) is 0.132. The van der Waals surface area contributed by atoms with Crippen LogP contribution in [-0.2, 0) is 33.3 Å². The summed E-state index contributed by atoms with van der Waals surface area (Å²) in [4.78, 5) is 40.7. The molecule has 0 bridgehead atoms. The number of amides is 1. The van der Waals surface area contributed by atoms with E-state index in [9.17, 15) is 14.4 Å². The van der Waals surface area contributed by atoms with E-state index in [1.54, 1.807) is 0 Å². The van der Waals surface area contributed by atoms with Gasteiger partial charge in [0.15, 0.2) is 11.2 Å². The minimum atomic E-state index is -0.985. The highest BCUT2D eigenvalue weighted by Gasteiger charge is 3.00. The fourth-order valence-corrected chi connectivity index (χ4v) is 8.00. The smallest absolute Gasteiger partial charge is 0.407 e. The third-order valence-corrected chi connectivity index (χ3v) is 9.74. The third kappa shape index (κ3) is 2.55. The second-order valence-corrected chi connectivity index (χ2v) is 11.1. The Labute approximate surface area is 206 Å². The van der Waals surface area contributed by atoms with Crippen molar-refractivity contribution in [1.29, 1.82) is 0 Å². The SMILES string of the molecule is C[C@]12CCC3=C(COC3=O)[C@@H]1C[C@@H]1O[C@@]13C(=O)[C@@]1(CCCOC(=O)NCCCN=[N+]=[N-])O[C@H]1[C@@H]1O[C@]123. The standard InChI is InChI=1S/C24H28N4O8/c1-21-6-4-12-13(11-33-18(12)29)14(21)10-15-23(34-15)19(30)22(16(35-22)17-24(21,23)36-17)5-2-9-32-20(31)26-7-3-8-27-28-25/h14-17H,2-11H2,1H3,(H,26,31)/t14-,15-,16-,17-,21-,22-,23+,24+/m0/s1. The minimum absolute atomic E-state index is 0.0283. The maximum Gasteiger partial charge on any atom is 0.407 e. The highest BCUT2D eigenvalue weighted by atomic mass is 16.7. The van der Waals surface area contributed by atoms with Gasteiger partial charge in [0.25, 0.3) is 0 Å². The van der Waals surface area contributed by atoms with Crippen LogP contribution in [0.1, 0.15) is 45.4 Å². The molecular weight excluding hydrogens is 472 g/mol. The number of cyclic esters (lactones) is 1. The number of fused-ring (bicyclic) bond motifs is 4. The maximum atomic E-state index is 14.0. The number of nitrogens with zero attached hydrogens (tertiary/aromatic N) is 3. The predicted octanol–water partition coefficient (Wildman–Crippen LogP) is 1.86. The molecule has 3 saturated heterocycles. The summed E-state index contributed by atoms with van der Waals surface area (Å²) in [7, 11) is 0. The zero-order valence-corrected chi connectivity index (χ0v) is 20.0. The average molecular weight is 501 g/mol. The van der Waals surface area contributed by atoms with Crippen LogP contribution in [0.5, 0.6) is 0 Å². The Morgan fingerprint density at radius 3 is 2.94 bits per heavy atom. The van der Waals surface area contributed by atoms with Gasteiger partial charge in [-0.05, 0) is 55.5 Å². The molecule has 1 amide bonds. The molecule has 12 nitrogen and oxygen atoms in total. The normalized spacial score (nSPS) is 46.0. The lowest BCUT2D eigenvalue weighted by Gasteiger charge is -2.51. The first kappa shape index (κ1) is 22.5. The number of Topliss-reactive ketones (excluding diaryl/α,β-unsaturated/α-hetero) is 1. The average Bonchev–Trinajstić information content (AvgIpc) is 3.77. The van der Waals surface area contributed by atoms with E-state index in [0.29, 0.717) is 51.8 Å². The Bertz CT molecular complexity index is 1170. The summed E-state index contributed by atoms with van der Waals surface area (Å²) in [6.45, 7) is 3.33. The fraction of sp³-hybridized carbons (Fsp3) is 0.792. The lowest BCUT2D eigenvalue weighted by molar-refractivity contribution is -0.138. The number of epoxide rings is 3. The molecule has 5 fully saturated rings. The number of carbonyl (C=O) groups is 3. The first-order valence-corrected chi connectivity index (χ1v) is 12.7. The molecule has 4 aliphatic heterocycles. The van der Waals surface area contributed by atoms with Crippen molar-refractivity contribution in [3.8, 4) is 0 Å². The second-order valence-electron chi connectivity index (χ2n) is 11.1. The number of rotatable bonds is 8. The van der Waals surface area contributed by atoms with Gasteiger partial charge in [0.05, 0.1) is 12.7 Å². The zero-order valence-electron chi connectivity index (χ0n) is 20.0. The number of ether oxygens (including phenoxy) is 5. The van der Waals surface area contributed by atoms with E-state index in [0.717, 1.165) is 17.6 Å². The third-order valence-electron chi connectivity index (χ3n) is 9.74. The van der Waals surface area contributed by atoms with E-state index >= 15 is 0 Å². The van der Waals surface area contributed by atoms with Crippen molar-refractivity contribution in [2.24, 2.45) is 16.4 Å². The molecule has 4 heterocycles. The predicted molar refractivity (Wildman–Crippen MR) is 118 cm³/mol. The van der Waals surface area contributed by atoms with Crippen molar-refractivity contribution in [2.45, 2.75) is 80.6 Å². The summed E-state index contributed by atoms with van der Waals surface area (Å²) < 4.78 is 29.4. The molecule has 7 aliphatic rings. The van der Waals surface area contributed by atoms with E-state index < -0.39 is 22.9 Å². The van der Waals surface area contributed by atoms with Crippen LogP contribution in [0.3, 0.4) is 0 Å². The molecule has 8 atom stereocenters. The molecule has 0 aromatic heterocycles. The van der Waals surface area contributed by atoms with Crippen molar-refractivity contribution in [3.63, 3.8) is 0 Å². The van der Waals surface area contributed by atoms with Gasteiger partial charge in [0.1, 0.15) is 24.4 Å². The summed E-state index contributed by atoms with van der Waals surface area (Å²) >= 11 is 0. The van der Waals surface area contributed by atoms with Gasteiger partial charge in [-0.1, -0.05) is 12.0 Å². The van der Waals surface area contributed by atoms with Gasteiger partial charge in [-0.3, -0.25) is 4.79 Å². The Morgan fingerprint density at radius 1 is 1.25 bits per heavy atom. The Kier molecular flexibility index (Phi) is 4.52. The zero-order chi connectivity index (χ0) is 24.9. The first-order valence-electron chi connectivity index (χ1n) is 12.7. The van der Waals surface area contributed by atoms with Gasteiger partial charge in [-0.25, -0.2) is 9.59 Å². The van der Waals surface area contributed by atoms with Crippen molar-refractivity contribution >= 4 is 17.8 Å². The molecule has 0 radical (unpaired) electrons. The number of ketones is 1. The van der Waals surface area contributed by atoms with Crippen LogP contribution in [-0.4, -0.2) is 79.3 Å². The van der Waals surface area contributed by atoms with E-state index in [-0.39, 0.29) is 48.0 Å². The molecule has 12 heteroatoms. The fourth-order valence-electron chi connectivity index (χ4n) is 8.00. The Morgan fingerprint density at radius 2 is 2.11 bits per heavy atom. The van der Waals surface area contributed by atoms with Crippen molar-refractivity contribution in [3.05, 3.63) is 21.6 Å². The Balaban J connectivity index is 1.02. The molecule has 0 aromatic rings. The number of nitrogens with one attached hydrogen (secondary N) is 1. The van der Waals surface area contributed by atoms with Crippen molar-refractivity contribution in [2.75, 3.05) is 26.3 Å². The number of esters is 1. The largest absolute Gasteiger partial charge is 0.458 e. The molecule has 192 valence electrons. The van der Waals surface area contributed by atoms with Gasteiger partial charge in [0, 0.05) is 29.0 Å². The summed E-state index contributed by atoms with van der Waals surface area (Å²) in [5.41, 5.74) is 7.15. The summed E-state index contributed by atoms with van der Waals surface area (Å²) in [6, 6.07) is 0. The number of carbonyl (C=O) groups excluding carboxylic acids is 3. The lowest BCUT2D eigenvalue weighted by atomic mass is 9.47. The molecule has 0 unspecified atom stereocenters. The summed E-state index contributed by atoms with van der Waals surface area (Å²) in [6.07, 6.45) is 2.18. The van der Waals surface area contributed by atoms with Gasteiger partial charge < -0.3 is 29.0 Å². The minimum Gasteiger partial charge on any atom is -0.458 e. The molecule has 3 aliphatic carbocycles. The van der Waals surface area contributed by atoms with Crippen LogP contribution >= 0.6 is 0 Å². The summed E-state index contributed by atoms with van der Waals surface area (Å²) in [5, 5.41) is 6.01. The second kappa shape index (κ2) is 7.22. The maximum absolute atomic E-state index is 14.0. The summed E-state index contributed by atoms with van der Waals surface area (Å²) in [5.74, 6) is -0.143. The van der Waals surface area contributed by atoms with Crippen LogP contribution in [0, 0.1) is 11.3 Å². The van der Waals surface area contributed by atoms with Gasteiger partial charge in [-0.15, -0.1) is 0 Å². The molecule has 7 rings (SSSR count). The van der Waals surface area contributed by atoms with Crippen LogP contribution < -0.4 is 5.32 Å². The van der Waals surface area contributed by atoms with Crippen molar-refractivity contribution in [1.82, 2.24) is 5.32 Å². The number of hydrogen-bond donors (Lipinski definition) is 1. The van der Waals surface area contributed by atoms with E-state index in [1.807, 2.05) is 0 Å². The molecule has 2 spiro atoms. The lowest BCUT2D eigenvalue weighted by Crippen LogP contribution is -2.66. The molecular formula is C24H28N4O8. The van der Waals surface area contributed by atoms with Gasteiger partial charge in [0.2, 0.25) is 5.78 Å². The number of alkyl carbamates (subject to hydrolysis) is 1.